The quantitative estimate of drug-likeness (QED) is 0.571. The van der Waals surface area contributed by atoms with Crippen molar-refractivity contribution >= 4 is 5.91 Å². The summed E-state index contributed by atoms with van der Waals surface area (Å²) in [4.78, 5) is 12.9. The average Bonchev–Trinajstić information content (AvgIpc) is 2.74. The first-order chi connectivity index (χ1) is 15.2. The van der Waals surface area contributed by atoms with Crippen molar-refractivity contribution in [3.8, 4) is 11.8 Å². The Kier molecular flexibility index (Phi) is 6.27. The summed E-state index contributed by atoms with van der Waals surface area (Å²) in [5.74, 6) is 0.207. The van der Waals surface area contributed by atoms with Crippen molar-refractivity contribution in [3.63, 3.8) is 0 Å². The van der Waals surface area contributed by atoms with E-state index in [-0.39, 0.29) is 17.7 Å². The second-order valence-electron chi connectivity index (χ2n) is 10.1. The number of rotatable bonds is 5. The Morgan fingerprint density at radius 2 is 1.64 bits per heavy atom. The molecule has 0 radical (unpaired) electrons. The summed E-state index contributed by atoms with van der Waals surface area (Å²) in [6, 6.07) is 12.2. The van der Waals surface area contributed by atoms with Crippen molar-refractivity contribution in [3.05, 3.63) is 64.7 Å². The molecule has 0 unspecified atom stereocenters. The lowest BCUT2D eigenvalue weighted by Gasteiger charge is -2.63. The third kappa shape index (κ3) is 4.57. The molecule has 0 aromatic heterocycles. The number of carbonyl (C=O) groups excluding carboxylic acids is 1. The van der Waals surface area contributed by atoms with Gasteiger partial charge in [-0.05, 0) is 41.8 Å². The Bertz CT molecular complexity index is 1060. The molecule has 1 aliphatic rings. The van der Waals surface area contributed by atoms with Crippen molar-refractivity contribution in [1.82, 2.24) is 5.32 Å². The molecule has 0 heterocycles. The summed E-state index contributed by atoms with van der Waals surface area (Å²) >= 11 is 0. The summed E-state index contributed by atoms with van der Waals surface area (Å²) < 4.78 is 46.0. The van der Waals surface area contributed by atoms with E-state index in [4.69, 9.17) is 10.00 Å². The van der Waals surface area contributed by atoms with E-state index < -0.39 is 34.2 Å². The number of hydrogen-bond donors (Lipinski definition) is 1. The van der Waals surface area contributed by atoms with Crippen LogP contribution >= 0.6 is 0 Å². The van der Waals surface area contributed by atoms with Gasteiger partial charge in [0.1, 0.15) is 11.9 Å². The fourth-order valence-corrected chi connectivity index (χ4v) is 5.10. The monoisotopic (exact) mass is 458 g/mol. The van der Waals surface area contributed by atoms with Crippen LogP contribution in [-0.4, -0.2) is 18.1 Å². The number of hydrogen-bond acceptors (Lipinski definition) is 3. The fraction of sp³-hybridized carbons (Fsp3) is 0.462. The predicted octanol–water partition coefficient (Wildman–Crippen LogP) is 6.31. The van der Waals surface area contributed by atoms with Crippen molar-refractivity contribution in [2.24, 2.45) is 10.8 Å². The molecule has 1 saturated carbocycles. The van der Waals surface area contributed by atoms with E-state index in [2.05, 4.69) is 19.2 Å². The Morgan fingerprint density at radius 3 is 2.12 bits per heavy atom. The van der Waals surface area contributed by atoms with E-state index in [1.165, 1.54) is 6.07 Å². The van der Waals surface area contributed by atoms with E-state index in [1.54, 1.807) is 18.2 Å². The third-order valence-corrected chi connectivity index (χ3v) is 6.63. The number of halogens is 3. The molecule has 0 bridgehead atoms. The van der Waals surface area contributed by atoms with E-state index in [9.17, 15) is 18.0 Å². The van der Waals surface area contributed by atoms with Crippen LogP contribution in [0.4, 0.5) is 13.2 Å². The number of alkyl halides is 3. The Labute approximate surface area is 192 Å². The van der Waals surface area contributed by atoms with E-state index >= 15 is 0 Å². The number of nitrogens with one attached hydrogen (secondary N) is 1. The highest BCUT2D eigenvalue weighted by Gasteiger charge is 2.64. The number of benzene rings is 2. The first-order valence-corrected chi connectivity index (χ1v) is 10.9. The number of ether oxygens (including phenoxy) is 1. The highest BCUT2D eigenvalue weighted by Crippen LogP contribution is 2.55. The van der Waals surface area contributed by atoms with Crippen molar-refractivity contribution in [1.29, 1.82) is 5.26 Å². The first kappa shape index (κ1) is 24.6. The minimum atomic E-state index is -4.66. The zero-order valence-electron chi connectivity index (χ0n) is 19.7. The van der Waals surface area contributed by atoms with Gasteiger partial charge in [0.05, 0.1) is 17.2 Å². The van der Waals surface area contributed by atoms with Gasteiger partial charge in [0.2, 0.25) is 0 Å². The highest BCUT2D eigenvalue weighted by atomic mass is 19.4. The maximum Gasteiger partial charge on any atom is 0.417 e. The Hall–Kier alpha value is -3.01. The summed E-state index contributed by atoms with van der Waals surface area (Å²) in [6.07, 6.45) is -5.11. The van der Waals surface area contributed by atoms with E-state index in [0.29, 0.717) is 11.5 Å². The van der Waals surface area contributed by atoms with Gasteiger partial charge in [-0.3, -0.25) is 4.79 Å². The van der Waals surface area contributed by atoms with Crippen LogP contribution in [0.15, 0.2) is 42.5 Å². The largest absolute Gasteiger partial charge is 0.489 e. The topological polar surface area (TPSA) is 62.1 Å². The first-order valence-electron chi connectivity index (χ1n) is 10.9. The van der Waals surface area contributed by atoms with Crippen LogP contribution in [0.3, 0.4) is 0 Å². The fourth-order valence-electron chi connectivity index (χ4n) is 5.10. The SMILES string of the molecule is CC(C)c1ccc(C(=O)NC2C(C)(C)C(Oc3ccc(C#N)c(C(F)(F)F)c3)C2(C)C)cc1. The standard InChI is InChI=1S/C26H29F3N2O2/c1-15(2)16-7-9-17(10-8-16)21(32)31-22-24(3,4)23(25(22,5)6)33-19-12-11-18(14-30)20(13-19)26(27,28)29/h7-13,15,22-23H,1-6H3,(H,31,32). The molecule has 3 rings (SSSR count). The molecule has 0 atom stereocenters. The minimum absolute atomic E-state index is 0.0431. The maximum absolute atomic E-state index is 13.3. The molecular formula is C26H29F3N2O2. The van der Waals surface area contributed by atoms with Crippen LogP contribution in [0.25, 0.3) is 0 Å². The molecule has 1 aliphatic carbocycles. The Balaban J connectivity index is 1.78. The molecule has 1 fully saturated rings. The molecule has 4 nitrogen and oxygen atoms in total. The molecule has 0 saturated heterocycles. The lowest BCUT2D eigenvalue weighted by atomic mass is 9.49. The normalized spacial score (nSPS) is 21.1. The zero-order chi connectivity index (χ0) is 24.8. The minimum Gasteiger partial charge on any atom is -0.489 e. The van der Waals surface area contributed by atoms with Gasteiger partial charge in [-0.2, -0.15) is 18.4 Å². The summed E-state index contributed by atoms with van der Waals surface area (Å²) in [5.41, 5.74) is -0.850. The van der Waals surface area contributed by atoms with Crippen LogP contribution in [0, 0.1) is 22.2 Å². The number of carbonyl (C=O) groups is 1. The summed E-state index contributed by atoms with van der Waals surface area (Å²) in [6.45, 7) is 11.8. The number of nitrogens with zero attached hydrogens (tertiary/aromatic N) is 1. The zero-order valence-corrected chi connectivity index (χ0v) is 19.7. The second-order valence-corrected chi connectivity index (χ2v) is 10.1. The van der Waals surface area contributed by atoms with Gasteiger partial charge in [0, 0.05) is 22.4 Å². The summed E-state index contributed by atoms with van der Waals surface area (Å²) in [7, 11) is 0. The van der Waals surface area contributed by atoms with Gasteiger partial charge in [-0.1, -0.05) is 53.7 Å². The summed E-state index contributed by atoms with van der Waals surface area (Å²) in [5, 5.41) is 12.1. The highest BCUT2D eigenvalue weighted by molar-refractivity contribution is 5.94. The molecule has 33 heavy (non-hydrogen) atoms. The van der Waals surface area contributed by atoms with Gasteiger partial charge in [-0.25, -0.2) is 0 Å². The third-order valence-electron chi connectivity index (χ3n) is 6.63. The molecule has 2 aromatic rings. The number of amides is 1. The number of nitriles is 1. The van der Waals surface area contributed by atoms with Crippen LogP contribution in [0.2, 0.25) is 0 Å². The predicted molar refractivity (Wildman–Crippen MR) is 120 cm³/mol. The van der Waals surface area contributed by atoms with Crippen molar-refractivity contribution in [2.75, 3.05) is 0 Å². The smallest absolute Gasteiger partial charge is 0.417 e. The molecule has 0 aliphatic heterocycles. The molecule has 2 aromatic carbocycles. The van der Waals surface area contributed by atoms with Gasteiger partial charge in [0.15, 0.2) is 0 Å². The van der Waals surface area contributed by atoms with E-state index in [1.807, 2.05) is 39.8 Å². The lowest BCUT2D eigenvalue weighted by Crippen LogP contribution is -2.74. The average molecular weight is 459 g/mol. The molecule has 176 valence electrons. The van der Waals surface area contributed by atoms with Gasteiger partial charge >= 0.3 is 6.18 Å². The van der Waals surface area contributed by atoms with Crippen molar-refractivity contribution in [2.45, 2.75) is 65.8 Å². The van der Waals surface area contributed by atoms with Crippen LogP contribution in [0.1, 0.15) is 74.5 Å². The van der Waals surface area contributed by atoms with E-state index in [0.717, 1.165) is 17.7 Å². The molecule has 1 amide bonds. The maximum atomic E-state index is 13.3. The molecular weight excluding hydrogens is 429 g/mol. The van der Waals surface area contributed by atoms with Crippen LogP contribution < -0.4 is 10.1 Å². The lowest BCUT2D eigenvalue weighted by molar-refractivity contribution is -0.164. The molecule has 0 spiro atoms. The van der Waals surface area contributed by atoms with Gasteiger partial charge in [0.25, 0.3) is 5.91 Å². The van der Waals surface area contributed by atoms with Gasteiger partial charge < -0.3 is 10.1 Å². The van der Waals surface area contributed by atoms with Crippen molar-refractivity contribution < 1.29 is 22.7 Å². The van der Waals surface area contributed by atoms with Crippen LogP contribution in [-0.2, 0) is 6.18 Å². The molecule has 7 heteroatoms. The van der Waals surface area contributed by atoms with Gasteiger partial charge in [-0.15, -0.1) is 0 Å². The van der Waals surface area contributed by atoms with Crippen LogP contribution in [0.5, 0.6) is 5.75 Å². The second kappa shape index (κ2) is 8.40. The Morgan fingerprint density at radius 1 is 1.06 bits per heavy atom. The molecule has 1 N–H and O–H groups in total.